The van der Waals surface area contributed by atoms with Gasteiger partial charge in [0.15, 0.2) is 0 Å². The van der Waals surface area contributed by atoms with Crippen molar-refractivity contribution in [2.24, 2.45) is 0 Å². The number of carboxylic acids is 1. The van der Waals surface area contributed by atoms with Crippen molar-refractivity contribution in [1.29, 1.82) is 0 Å². The van der Waals surface area contributed by atoms with Crippen molar-refractivity contribution in [2.75, 3.05) is 5.75 Å². The third kappa shape index (κ3) is 3.86. The number of fused-ring (bicyclic) bond motifs is 1. The number of para-hydroxylation sites is 1. The van der Waals surface area contributed by atoms with E-state index in [-0.39, 0.29) is 5.75 Å². The molecule has 122 valence electrons. The first-order valence-corrected chi connectivity index (χ1v) is 9.32. The molecule has 1 aromatic heterocycles. The van der Waals surface area contributed by atoms with E-state index in [1.54, 1.807) is 11.3 Å². The molecule has 0 bridgehead atoms. The van der Waals surface area contributed by atoms with Crippen molar-refractivity contribution in [3.8, 4) is 0 Å². The first kappa shape index (κ1) is 16.7. The summed E-state index contributed by atoms with van der Waals surface area (Å²) >= 11 is 2.91. The summed E-state index contributed by atoms with van der Waals surface area (Å²) in [7, 11) is 0. The molecule has 3 aromatic rings. The largest absolute Gasteiger partial charge is 0.481 e. The van der Waals surface area contributed by atoms with Crippen molar-refractivity contribution in [2.45, 2.75) is 13.8 Å². The molecule has 3 nitrogen and oxygen atoms in total. The minimum absolute atomic E-state index is 0.0205. The Hall–Kier alpha value is -2.11. The maximum absolute atomic E-state index is 11.0. The summed E-state index contributed by atoms with van der Waals surface area (Å²) in [6, 6.07) is 14.2. The Morgan fingerprint density at radius 1 is 1.25 bits per heavy atom. The number of rotatable bonds is 5. The number of carbonyl (C=O) groups is 1. The van der Waals surface area contributed by atoms with Gasteiger partial charge < -0.3 is 5.11 Å². The lowest BCUT2D eigenvalue weighted by atomic mass is 10.1. The van der Waals surface area contributed by atoms with Crippen molar-refractivity contribution < 1.29 is 9.90 Å². The van der Waals surface area contributed by atoms with E-state index >= 15 is 0 Å². The average molecular weight is 355 g/mol. The van der Waals surface area contributed by atoms with Crippen LogP contribution in [-0.4, -0.2) is 21.8 Å². The van der Waals surface area contributed by atoms with Crippen LogP contribution in [0.3, 0.4) is 0 Å². The maximum Gasteiger partial charge on any atom is 0.313 e. The fraction of sp³-hybridized carbons (Fsp3) is 0.158. The van der Waals surface area contributed by atoms with Crippen molar-refractivity contribution >= 4 is 50.3 Å². The molecule has 2 aromatic carbocycles. The average Bonchev–Trinajstić information content (AvgIpc) is 2.98. The van der Waals surface area contributed by atoms with Gasteiger partial charge in [0, 0.05) is 4.91 Å². The van der Waals surface area contributed by atoms with Gasteiger partial charge in [0.2, 0.25) is 0 Å². The van der Waals surface area contributed by atoms with Crippen LogP contribution in [0.25, 0.3) is 21.2 Å². The monoisotopic (exact) mass is 355 g/mol. The van der Waals surface area contributed by atoms with E-state index < -0.39 is 5.97 Å². The van der Waals surface area contributed by atoms with Crippen molar-refractivity contribution in [3.05, 3.63) is 64.2 Å². The van der Waals surface area contributed by atoms with Gasteiger partial charge in [0.05, 0.1) is 16.0 Å². The smallest absolute Gasteiger partial charge is 0.313 e. The van der Waals surface area contributed by atoms with Gasteiger partial charge in [-0.1, -0.05) is 35.9 Å². The van der Waals surface area contributed by atoms with Crippen LogP contribution < -0.4 is 0 Å². The Labute approximate surface area is 149 Å². The fourth-order valence-corrected chi connectivity index (χ4v) is 4.18. The molecule has 0 fully saturated rings. The highest BCUT2D eigenvalue weighted by Crippen LogP contribution is 2.35. The molecule has 0 atom stereocenters. The second-order valence-corrected chi connectivity index (χ2v) is 7.59. The first-order chi connectivity index (χ1) is 11.5. The van der Waals surface area contributed by atoms with Crippen LogP contribution in [0.4, 0.5) is 0 Å². The van der Waals surface area contributed by atoms with Gasteiger partial charge in [-0.2, -0.15) is 0 Å². The summed E-state index contributed by atoms with van der Waals surface area (Å²) in [6.07, 6.45) is 2.05. The van der Waals surface area contributed by atoms with Gasteiger partial charge in [0.1, 0.15) is 5.01 Å². The SMILES string of the molecule is Cc1ccc(C)c(/C=C(\SCC(=O)O)c2nc3ccccc3s2)c1. The van der Waals surface area contributed by atoms with Crippen molar-refractivity contribution in [3.63, 3.8) is 0 Å². The van der Waals surface area contributed by atoms with Crippen molar-refractivity contribution in [1.82, 2.24) is 4.98 Å². The van der Waals surface area contributed by atoms with Gasteiger partial charge in [-0.3, -0.25) is 4.79 Å². The Bertz CT molecular complexity index is 895. The quantitative estimate of drug-likeness (QED) is 0.681. The Morgan fingerprint density at radius 3 is 2.79 bits per heavy atom. The number of aromatic nitrogens is 1. The second kappa shape index (κ2) is 7.20. The molecule has 0 saturated heterocycles. The topological polar surface area (TPSA) is 50.2 Å². The molecule has 0 unspecified atom stereocenters. The molecule has 5 heteroatoms. The summed E-state index contributed by atoms with van der Waals surface area (Å²) in [5.74, 6) is -0.805. The molecule has 0 aliphatic rings. The van der Waals surface area contributed by atoms with E-state index in [0.717, 1.165) is 31.3 Å². The molecule has 3 rings (SSSR count). The predicted molar refractivity (Wildman–Crippen MR) is 104 cm³/mol. The second-order valence-electron chi connectivity index (χ2n) is 5.54. The number of thiazole rings is 1. The normalized spacial score (nSPS) is 11.8. The van der Waals surface area contributed by atoms with E-state index in [1.807, 2.05) is 30.3 Å². The number of aliphatic carboxylic acids is 1. The Kier molecular flexibility index (Phi) is 5.02. The standard InChI is InChI=1S/C19H17NO2S2/c1-12-7-8-13(2)14(9-12)10-17(23-11-18(21)22)19-20-15-5-3-4-6-16(15)24-19/h3-10H,11H2,1-2H3,(H,21,22)/b17-10-. The number of carboxylic acid groups (broad SMARTS) is 1. The molecule has 24 heavy (non-hydrogen) atoms. The molecular weight excluding hydrogens is 338 g/mol. The van der Waals surface area contributed by atoms with E-state index in [4.69, 9.17) is 5.11 Å². The number of hydrogen-bond acceptors (Lipinski definition) is 4. The van der Waals surface area contributed by atoms with Crippen LogP contribution in [0.1, 0.15) is 21.7 Å². The van der Waals surface area contributed by atoms with E-state index in [2.05, 4.69) is 37.0 Å². The third-order valence-electron chi connectivity index (χ3n) is 3.58. The van der Waals surface area contributed by atoms with Gasteiger partial charge >= 0.3 is 5.97 Å². The van der Waals surface area contributed by atoms with E-state index in [9.17, 15) is 4.79 Å². The lowest BCUT2D eigenvalue weighted by Crippen LogP contribution is -1.98. The summed E-state index contributed by atoms with van der Waals surface area (Å²) in [5, 5.41) is 9.91. The fourth-order valence-electron chi connectivity index (χ4n) is 2.34. The zero-order valence-electron chi connectivity index (χ0n) is 13.4. The number of nitrogens with zero attached hydrogens (tertiary/aromatic N) is 1. The maximum atomic E-state index is 11.0. The molecular formula is C19H17NO2S2. The van der Waals surface area contributed by atoms with Gasteiger partial charge in [-0.25, -0.2) is 4.98 Å². The van der Waals surface area contributed by atoms with E-state index in [0.29, 0.717) is 0 Å². The zero-order chi connectivity index (χ0) is 17.1. The zero-order valence-corrected chi connectivity index (χ0v) is 15.1. The van der Waals surface area contributed by atoms with E-state index in [1.165, 1.54) is 17.3 Å². The number of aryl methyl sites for hydroxylation is 2. The molecule has 0 spiro atoms. The van der Waals surface area contributed by atoms with Crippen LogP contribution in [0.15, 0.2) is 42.5 Å². The van der Waals surface area contributed by atoms with Crippen LogP contribution in [-0.2, 0) is 4.79 Å². The molecule has 0 aliphatic carbocycles. The lowest BCUT2D eigenvalue weighted by molar-refractivity contribution is -0.133. The van der Waals surface area contributed by atoms with Crippen LogP contribution in [0.5, 0.6) is 0 Å². The summed E-state index contributed by atoms with van der Waals surface area (Å²) in [5.41, 5.74) is 4.39. The molecule has 0 saturated carbocycles. The minimum Gasteiger partial charge on any atom is -0.481 e. The predicted octanol–water partition coefficient (Wildman–Crippen LogP) is 5.23. The van der Waals surface area contributed by atoms with Crippen LogP contribution in [0, 0.1) is 13.8 Å². The highest BCUT2D eigenvalue weighted by molar-refractivity contribution is 8.09. The van der Waals surface area contributed by atoms with Crippen LogP contribution >= 0.6 is 23.1 Å². The lowest BCUT2D eigenvalue weighted by Gasteiger charge is -2.06. The molecule has 0 aliphatic heterocycles. The highest BCUT2D eigenvalue weighted by Gasteiger charge is 2.12. The minimum atomic E-state index is -0.826. The molecule has 1 N–H and O–H groups in total. The van der Waals surface area contributed by atoms with Gasteiger partial charge in [-0.05, 0) is 43.2 Å². The third-order valence-corrected chi connectivity index (χ3v) is 5.79. The first-order valence-electron chi connectivity index (χ1n) is 7.52. The number of benzene rings is 2. The molecule has 0 amide bonds. The molecule has 1 heterocycles. The Morgan fingerprint density at radius 2 is 2.04 bits per heavy atom. The highest BCUT2D eigenvalue weighted by atomic mass is 32.2. The summed E-state index contributed by atoms with van der Waals surface area (Å²) in [4.78, 5) is 16.6. The number of thioether (sulfide) groups is 1. The Balaban J connectivity index is 2.06. The number of hydrogen-bond donors (Lipinski definition) is 1. The van der Waals surface area contributed by atoms with Gasteiger partial charge in [-0.15, -0.1) is 23.1 Å². The van der Waals surface area contributed by atoms with Crippen LogP contribution in [0.2, 0.25) is 0 Å². The summed E-state index contributed by atoms with van der Waals surface area (Å²) < 4.78 is 1.11. The summed E-state index contributed by atoms with van der Waals surface area (Å²) in [6.45, 7) is 4.11. The molecule has 0 radical (unpaired) electrons. The van der Waals surface area contributed by atoms with Gasteiger partial charge in [0.25, 0.3) is 0 Å².